The topological polar surface area (TPSA) is 88.7 Å². The van der Waals surface area contributed by atoms with Gasteiger partial charge in [0.25, 0.3) is 0 Å². The van der Waals surface area contributed by atoms with Crippen molar-refractivity contribution < 1.29 is 19.1 Å². The summed E-state index contributed by atoms with van der Waals surface area (Å²) in [5.41, 5.74) is -0.537. The van der Waals surface area contributed by atoms with E-state index in [-0.39, 0.29) is 11.8 Å². The molecule has 0 aromatic carbocycles. The summed E-state index contributed by atoms with van der Waals surface area (Å²) in [6.07, 6.45) is 1.91. The summed E-state index contributed by atoms with van der Waals surface area (Å²) >= 11 is 0. The minimum absolute atomic E-state index is 0.00396. The number of hydrogen-bond donors (Lipinski definition) is 1. The predicted octanol–water partition coefficient (Wildman–Crippen LogP) is 0.878. The Balaban J connectivity index is 1.54. The number of hydrogen-bond acceptors (Lipinski definition) is 6. The molecule has 0 aliphatic carbocycles. The summed E-state index contributed by atoms with van der Waals surface area (Å²) in [5.74, 6) is 1.27. The summed E-state index contributed by atoms with van der Waals surface area (Å²) in [4.78, 5) is 14.0. The zero-order valence-corrected chi connectivity index (χ0v) is 13.1. The Hall–Kier alpha value is -1.47. The third-order valence-corrected chi connectivity index (χ3v) is 4.47. The van der Waals surface area contributed by atoms with E-state index in [9.17, 15) is 9.90 Å². The minimum atomic E-state index is -0.588. The molecule has 1 aromatic rings. The Labute approximate surface area is 129 Å². The van der Waals surface area contributed by atoms with Crippen LogP contribution >= 0.6 is 0 Å². The van der Waals surface area contributed by atoms with Gasteiger partial charge in [-0.05, 0) is 12.8 Å². The van der Waals surface area contributed by atoms with Crippen molar-refractivity contribution in [3.63, 3.8) is 0 Å². The van der Waals surface area contributed by atoms with Gasteiger partial charge in [0, 0.05) is 31.9 Å². The average molecular weight is 309 g/mol. The fourth-order valence-electron chi connectivity index (χ4n) is 3.14. The number of aromatic nitrogens is 2. The molecule has 1 N–H and O–H groups in total. The molecule has 2 aliphatic heterocycles. The van der Waals surface area contributed by atoms with Crippen LogP contribution in [0.1, 0.15) is 50.8 Å². The molecule has 2 aliphatic rings. The molecule has 2 saturated heterocycles. The number of nitrogens with zero attached hydrogens (tertiary/aromatic N) is 3. The van der Waals surface area contributed by atoms with Crippen LogP contribution in [0.3, 0.4) is 0 Å². The lowest BCUT2D eigenvalue weighted by atomic mass is 9.97. The minimum Gasteiger partial charge on any atom is -0.425 e. The highest BCUT2D eigenvalue weighted by Crippen LogP contribution is 2.35. The molecule has 122 valence electrons. The van der Waals surface area contributed by atoms with E-state index in [1.807, 2.05) is 13.8 Å². The maximum atomic E-state index is 12.3. The molecule has 22 heavy (non-hydrogen) atoms. The highest BCUT2D eigenvalue weighted by molar-refractivity contribution is 5.77. The molecule has 1 spiro atoms. The normalized spacial score (nSPS) is 28.2. The molecule has 0 bridgehead atoms. The second-order valence-corrected chi connectivity index (χ2v) is 6.50. The van der Waals surface area contributed by atoms with Gasteiger partial charge in [-0.15, -0.1) is 10.2 Å². The fourth-order valence-corrected chi connectivity index (χ4v) is 3.14. The second-order valence-electron chi connectivity index (χ2n) is 6.50. The molecule has 0 radical (unpaired) electrons. The lowest BCUT2D eigenvalue weighted by molar-refractivity contribution is -0.131. The van der Waals surface area contributed by atoms with E-state index >= 15 is 0 Å². The van der Waals surface area contributed by atoms with Gasteiger partial charge in [-0.1, -0.05) is 13.8 Å². The fraction of sp³-hybridized carbons (Fsp3) is 0.800. The number of amides is 1. The van der Waals surface area contributed by atoms with E-state index in [0.29, 0.717) is 44.3 Å². The van der Waals surface area contributed by atoms with E-state index in [0.717, 1.165) is 12.8 Å². The first-order chi connectivity index (χ1) is 10.5. The molecule has 2 atom stereocenters. The van der Waals surface area contributed by atoms with E-state index in [1.165, 1.54) is 0 Å². The SMILES string of the molecule is CC(C)c1nnc(CCC(=O)N2C[C@H](O)[C@]3(CCCO3)C2)o1. The third-order valence-electron chi connectivity index (χ3n) is 4.47. The van der Waals surface area contributed by atoms with E-state index < -0.39 is 11.7 Å². The van der Waals surface area contributed by atoms with E-state index in [2.05, 4.69) is 10.2 Å². The zero-order chi connectivity index (χ0) is 15.7. The van der Waals surface area contributed by atoms with Gasteiger partial charge in [-0.3, -0.25) is 4.79 Å². The number of β-amino-alcohol motifs (C(OH)–C–C–N with tert-alkyl or cyclic N) is 1. The molecule has 3 rings (SSSR count). The van der Waals surface area contributed by atoms with Crippen LogP contribution in [0.5, 0.6) is 0 Å². The summed E-state index contributed by atoms with van der Waals surface area (Å²) in [6.45, 7) is 5.46. The molecule has 0 saturated carbocycles. The van der Waals surface area contributed by atoms with Gasteiger partial charge in [-0.2, -0.15) is 0 Å². The lowest BCUT2D eigenvalue weighted by Gasteiger charge is -2.25. The highest BCUT2D eigenvalue weighted by atomic mass is 16.5. The van der Waals surface area contributed by atoms with Crippen LogP contribution in [0.25, 0.3) is 0 Å². The van der Waals surface area contributed by atoms with Crippen molar-refractivity contribution >= 4 is 5.91 Å². The van der Waals surface area contributed by atoms with Gasteiger partial charge >= 0.3 is 0 Å². The lowest BCUT2D eigenvalue weighted by Crippen LogP contribution is -2.41. The van der Waals surface area contributed by atoms with Crippen molar-refractivity contribution in [1.82, 2.24) is 15.1 Å². The van der Waals surface area contributed by atoms with Gasteiger partial charge in [0.15, 0.2) is 0 Å². The maximum absolute atomic E-state index is 12.3. The van der Waals surface area contributed by atoms with Gasteiger partial charge in [0.1, 0.15) is 11.7 Å². The molecular weight excluding hydrogens is 286 g/mol. The van der Waals surface area contributed by atoms with Crippen LogP contribution < -0.4 is 0 Å². The van der Waals surface area contributed by atoms with Gasteiger partial charge in [0.2, 0.25) is 17.7 Å². The van der Waals surface area contributed by atoms with Crippen LogP contribution in [0.2, 0.25) is 0 Å². The number of aliphatic hydroxyl groups excluding tert-OH is 1. The van der Waals surface area contributed by atoms with Crippen LogP contribution in [-0.4, -0.2) is 57.5 Å². The number of aryl methyl sites for hydroxylation is 1. The van der Waals surface area contributed by atoms with Crippen molar-refractivity contribution in [2.24, 2.45) is 0 Å². The molecular formula is C15H23N3O4. The van der Waals surface area contributed by atoms with Crippen LogP contribution in [0, 0.1) is 0 Å². The summed E-state index contributed by atoms with van der Waals surface area (Å²) in [7, 11) is 0. The number of rotatable bonds is 4. The van der Waals surface area contributed by atoms with Crippen LogP contribution in [0.4, 0.5) is 0 Å². The van der Waals surface area contributed by atoms with Crippen molar-refractivity contribution in [2.75, 3.05) is 19.7 Å². The number of ether oxygens (including phenoxy) is 1. The Morgan fingerprint density at radius 1 is 1.50 bits per heavy atom. The summed E-state index contributed by atoms with van der Waals surface area (Å²) in [5, 5.41) is 18.1. The third kappa shape index (κ3) is 2.87. The molecule has 7 nitrogen and oxygen atoms in total. The largest absolute Gasteiger partial charge is 0.425 e. The quantitative estimate of drug-likeness (QED) is 0.888. The van der Waals surface area contributed by atoms with Crippen molar-refractivity contribution in [3.8, 4) is 0 Å². The smallest absolute Gasteiger partial charge is 0.223 e. The van der Waals surface area contributed by atoms with Gasteiger partial charge < -0.3 is 19.2 Å². The van der Waals surface area contributed by atoms with Gasteiger partial charge in [0.05, 0.1) is 6.54 Å². The Bertz CT molecular complexity index is 537. The standard InChI is InChI=1S/C15H23N3O4/c1-10(2)14-17-16-12(22-14)4-5-13(20)18-8-11(19)15(9-18)6-3-7-21-15/h10-11,19H,3-9H2,1-2H3/t11-,15-/m0/s1. The Morgan fingerprint density at radius 3 is 2.95 bits per heavy atom. The maximum Gasteiger partial charge on any atom is 0.223 e. The first-order valence-corrected chi connectivity index (χ1v) is 7.92. The Morgan fingerprint density at radius 2 is 2.32 bits per heavy atom. The first-order valence-electron chi connectivity index (χ1n) is 7.92. The molecule has 0 unspecified atom stereocenters. The summed E-state index contributed by atoms with van der Waals surface area (Å²) < 4.78 is 11.2. The first kappa shape index (κ1) is 15.4. The van der Waals surface area contributed by atoms with Crippen molar-refractivity contribution in [3.05, 3.63) is 11.8 Å². The number of likely N-dealkylation sites (tertiary alicyclic amines) is 1. The summed E-state index contributed by atoms with van der Waals surface area (Å²) in [6, 6.07) is 0. The Kier molecular flexibility index (Phi) is 4.18. The number of carbonyl (C=O) groups excluding carboxylic acids is 1. The number of aliphatic hydroxyl groups is 1. The molecule has 1 amide bonds. The molecule has 1 aromatic heterocycles. The predicted molar refractivity (Wildman–Crippen MR) is 77.2 cm³/mol. The highest BCUT2D eigenvalue weighted by Gasteiger charge is 2.50. The molecule has 2 fully saturated rings. The monoisotopic (exact) mass is 309 g/mol. The second kappa shape index (κ2) is 5.96. The van der Waals surface area contributed by atoms with E-state index in [1.54, 1.807) is 4.90 Å². The van der Waals surface area contributed by atoms with Crippen molar-refractivity contribution in [1.29, 1.82) is 0 Å². The number of carbonyl (C=O) groups is 1. The van der Waals surface area contributed by atoms with Gasteiger partial charge in [-0.25, -0.2) is 0 Å². The van der Waals surface area contributed by atoms with Crippen LogP contribution in [-0.2, 0) is 16.0 Å². The van der Waals surface area contributed by atoms with Crippen LogP contribution in [0.15, 0.2) is 4.42 Å². The van der Waals surface area contributed by atoms with E-state index in [4.69, 9.17) is 9.15 Å². The molecule has 3 heterocycles. The molecule has 7 heteroatoms. The average Bonchev–Trinajstić information content (AvgIpc) is 3.19. The van der Waals surface area contributed by atoms with Crippen molar-refractivity contribution in [2.45, 2.75) is 57.2 Å². The zero-order valence-electron chi connectivity index (χ0n) is 13.1.